The molecule has 1 aliphatic carbocycles. The van der Waals surface area contributed by atoms with Crippen molar-refractivity contribution in [1.29, 1.82) is 0 Å². The molecule has 3 N–H and O–H groups in total. The maximum absolute atomic E-state index is 5.86. The number of nitrogens with two attached hydrogens (primary N) is 1. The quantitative estimate of drug-likeness (QED) is 0.454. The highest BCUT2D eigenvalue weighted by Crippen LogP contribution is 2.44. The van der Waals surface area contributed by atoms with Crippen molar-refractivity contribution in [1.82, 2.24) is 5.43 Å². The van der Waals surface area contributed by atoms with E-state index in [9.17, 15) is 0 Å². The lowest BCUT2D eigenvalue weighted by Crippen LogP contribution is -2.53. The maximum atomic E-state index is 5.86. The Balaban J connectivity index is 2.02. The molecule has 3 heteroatoms. The smallest absolute Gasteiger partial charge is 0.0383 e. The van der Waals surface area contributed by atoms with Gasteiger partial charge in [0.2, 0.25) is 0 Å². The van der Waals surface area contributed by atoms with E-state index in [0.29, 0.717) is 10.8 Å². The van der Waals surface area contributed by atoms with E-state index in [1.807, 2.05) is 0 Å². The van der Waals surface area contributed by atoms with E-state index in [1.54, 1.807) is 0 Å². The number of thioether (sulfide) groups is 1. The topological polar surface area (TPSA) is 38.0 Å². The second kappa shape index (κ2) is 5.74. The lowest BCUT2D eigenvalue weighted by Gasteiger charge is -2.38. The van der Waals surface area contributed by atoms with Gasteiger partial charge in [0.1, 0.15) is 0 Å². The summed E-state index contributed by atoms with van der Waals surface area (Å²) in [5.41, 5.74) is 3.16. The Bertz CT molecular complexity index is 206. The molecule has 0 amide bonds. The summed E-state index contributed by atoms with van der Waals surface area (Å²) in [7, 11) is 0. The number of nitrogens with one attached hydrogen (secondary N) is 1. The predicted molar refractivity (Wildman–Crippen MR) is 72.4 cm³/mol. The van der Waals surface area contributed by atoms with E-state index < -0.39 is 0 Å². The molecule has 2 rings (SSSR count). The molecule has 0 radical (unpaired) electrons. The number of rotatable bonds is 3. The molecule has 0 aromatic carbocycles. The first kappa shape index (κ1) is 12.7. The molecule has 1 saturated heterocycles. The SMILES string of the molecule is CC1(C(NN)C2CCCCCC2)CCCS1. The van der Waals surface area contributed by atoms with Crippen LogP contribution in [0.25, 0.3) is 0 Å². The highest BCUT2D eigenvalue weighted by Gasteiger charge is 2.41. The van der Waals surface area contributed by atoms with Gasteiger partial charge in [0.05, 0.1) is 0 Å². The summed E-state index contributed by atoms with van der Waals surface area (Å²) >= 11 is 2.14. The molecule has 1 saturated carbocycles. The van der Waals surface area contributed by atoms with Crippen LogP contribution < -0.4 is 11.3 Å². The van der Waals surface area contributed by atoms with Crippen molar-refractivity contribution in [3.63, 3.8) is 0 Å². The van der Waals surface area contributed by atoms with Crippen LogP contribution in [-0.4, -0.2) is 16.5 Å². The minimum Gasteiger partial charge on any atom is -0.271 e. The molecule has 2 atom stereocenters. The Morgan fingerprint density at radius 3 is 2.38 bits per heavy atom. The molecule has 0 aromatic heterocycles. The van der Waals surface area contributed by atoms with E-state index in [4.69, 9.17) is 5.84 Å². The molecule has 0 aromatic rings. The first-order valence-electron chi connectivity index (χ1n) is 6.86. The summed E-state index contributed by atoms with van der Waals surface area (Å²) in [5, 5.41) is 0. The minimum atomic E-state index is 0.393. The van der Waals surface area contributed by atoms with Gasteiger partial charge in [-0.05, 0) is 44.3 Å². The van der Waals surface area contributed by atoms with Gasteiger partial charge in [-0.1, -0.05) is 25.7 Å². The van der Waals surface area contributed by atoms with Crippen molar-refractivity contribution in [2.45, 2.75) is 69.1 Å². The second-order valence-corrected chi connectivity index (χ2v) is 7.29. The van der Waals surface area contributed by atoms with Crippen molar-refractivity contribution >= 4 is 11.8 Å². The molecule has 0 spiro atoms. The summed E-state index contributed by atoms with van der Waals surface area (Å²) in [4.78, 5) is 0. The van der Waals surface area contributed by atoms with Crippen LogP contribution in [0.4, 0.5) is 0 Å². The van der Waals surface area contributed by atoms with Crippen LogP contribution >= 0.6 is 11.8 Å². The molecule has 1 aliphatic heterocycles. The Morgan fingerprint density at radius 1 is 1.19 bits per heavy atom. The fraction of sp³-hybridized carbons (Fsp3) is 1.00. The van der Waals surface area contributed by atoms with Crippen molar-refractivity contribution in [3.8, 4) is 0 Å². The zero-order chi connectivity index (χ0) is 11.4. The zero-order valence-corrected chi connectivity index (χ0v) is 11.3. The van der Waals surface area contributed by atoms with Crippen LogP contribution in [-0.2, 0) is 0 Å². The van der Waals surface area contributed by atoms with Crippen molar-refractivity contribution in [2.24, 2.45) is 11.8 Å². The van der Waals surface area contributed by atoms with E-state index in [0.717, 1.165) is 5.92 Å². The van der Waals surface area contributed by atoms with Crippen LogP contribution in [0.1, 0.15) is 58.3 Å². The Kier molecular flexibility index (Phi) is 4.57. The molecule has 16 heavy (non-hydrogen) atoms. The lowest BCUT2D eigenvalue weighted by atomic mass is 9.82. The monoisotopic (exact) mass is 242 g/mol. The summed E-state index contributed by atoms with van der Waals surface area (Å²) in [6, 6.07) is 0.526. The standard InChI is InChI=1S/C13H26N2S/c1-13(9-6-10-16-13)12(15-14)11-7-4-2-3-5-8-11/h11-12,15H,2-10,14H2,1H3. The van der Waals surface area contributed by atoms with E-state index >= 15 is 0 Å². The molecule has 2 fully saturated rings. The largest absolute Gasteiger partial charge is 0.271 e. The molecular weight excluding hydrogens is 216 g/mol. The van der Waals surface area contributed by atoms with Gasteiger partial charge in [0.25, 0.3) is 0 Å². The van der Waals surface area contributed by atoms with Gasteiger partial charge in [-0.2, -0.15) is 11.8 Å². The molecule has 94 valence electrons. The van der Waals surface area contributed by atoms with Crippen LogP contribution in [0, 0.1) is 5.92 Å². The Hall–Kier alpha value is 0.270. The van der Waals surface area contributed by atoms with Gasteiger partial charge < -0.3 is 0 Å². The van der Waals surface area contributed by atoms with Crippen LogP contribution in [0.3, 0.4) is 0 Å². The summed E-state index contributed by atoms with van der Waals surface area (Å²) in [5.74, 6) is 7.99. The Morgan fingerprint density at radius 2 is 1.88 bits per heavy atom. The molecule has 1 heterocycles. The summed E-state index contributed by atoms with van der Waals surface area (Å²) in [6.45, 7) is 2.42. The highest BCUT2D eigenvalue weighted by molar-refractivity contribution is 8.00. The maximum Gasteiger partial charge on any atom is 0.0383 e. The van der Waals surface area contributed by atoms with Crippen LogP contribution in [0.5, 0.6) is 0 Å². The summed E-state index contributed by atoms with van der Waals surface area (Å²) < 4.78 is 0.393. The lowest BCUT2D eigenvalue weighted by molar-refractivity contribution is 0.267. The minimum absolute atomic E-state index is 0.393. The molecular formula is C13H26N2S. The molecule has 2 aliphatic rings. The fourth-order valence-corrected chi connectivity index (χ4v) is 4.98. The van der Waals surface area contributed by atoms with Gasteiger partial charge in [-0.3, -0.25) is 11.3 Å². The van der Waals surface area contributed by atoms with E-state index in [-0.39, 0.29) is 0 Å². The fourth-order valence-electron chi connectivity index (χ4n) is 3.50. The van der Waals surface area contributed by atoms with Crippen LogP contribution in [0.15, 0.2) is 0 Å². The number of hydrogen-bond acceptors (Lipinski definition) is 3. The van der Waals surface area contributed by atoms with Crippen molar-refractivity contribution in [3.05, 3.63) is 0 Å². The third-order valence-corrected chi connectivity index (χ3v) is 6.07. The van der Waals surface area contributed by atoms with Gasteiger partial charge in [0, 0.05) is 10.8 Å². The first-order valence-corrected chi connectivity index (χ1v) is 7.85. The predicted octanol–water partition coefficient (Wildman–Crippen LogP) is 3.07. The normalized spacial score (nSPS) is 34.9. The average molecular weight is 242 g/mol. The average Bonchev–Trinajstić information content (AvgIpc) is 2.54. The van der Waals surface area contributed by atoms with E-state index in [1.165, 1.54) is 57.1 Å². The van der Waals surface area contributed by atoms with Crippen LogP contribution in [0.2, 0.25) is 0 Å². The van der Waals surface area contributed by atoms with Gasteiger partial charge >= 0.3 is 0 Å². The highest BCUT2D eigenvalue weighted by atomic mass is 32.2. The second-order valence-electron chi connectivity index (χ2n) is 5.66. The number of hydrogen-bond donors (Lipinski definition) is 2. The third kappa shape index (κ3) is 2.74. The van der Waals surface area contributed by atoms with Crippen molar-refractivity contribution in [2.75, 3.05) is 5.75 Å². The zero-order valence-electron chi connectivity index (χ0n) is 10.5. The third-order valence-electron chi connectivity index (χ3n) is 4.46. The number of hydrazine groups is 1. The van der Waals surface area contributed by atoms with Crippen molar-refractivity contribution < 1.29 is 0 Å². The summed E-state index contributed by atoms with van der Waals surface area (Å²) in [6.07, 6.45) is 11.1. The molecule has 2 unspecified atom stereocenters. The van der Waals surface area contributed by atoms with Gasteiger partial charge in [0.15, 0.2) is 0 Å². The van der Waals surface area contributed by atoms with E-state index in [2.05, 4.69) is 24.1 Å². The first-order chi connectivity index (χ1) is 7.76. The molecule has 2 nitrogen and oxygen atoms in total. The molecule has 0 bridgehead atoms. The van der Waals surface area contributed by atoms with Gasteiger partial charge in [-0.15, -0.1) is 0 Å². The van der Waals surface area contributed by atoms with Gasteiger partial charge in [-0.25, -0.2) is 0 Å². The Labute approximate surface area is 104 Å².